The Bertz CT molecular complexity index is 1250. The largest absolute Gasteiger partial charge is 0.321 e. The first-order valence-electron chi connectivity index (χ1n) is 9.02. The molecule has 0 bridgehead atoms. The quantitative estimate of drug-likeness (QED) is 0.226. The Labute approximate surface area is 188 Å². The third-order valence-corrected chi connectivity index (χ3v) is 4.99. The Morgan fingerprint density at radius 3 is 2.45 bits per heavy atom. The van der Waals surface area contributed by atoms with E-state index in [4.69, 9.17) is 23.2 Å². The second-order valence-electron chi connectivity index (χ2n) is 6.72. The number of hydrogen-bond acceptors (Lipinski definition) is 4. The molecule has 0 spiro atoms. The summed E-state index contributed by atoms with van der Waals surface area (Å²) >= 11 is 12.2. The Kier molecular flexibility index (Phi) is 6.44. The summed E-state index contributed by atoms with van der Waals surface area (Å²) in [5, 5.41) is 23.9. The molecule has 1 N–H and O–H groups in total. The molecular weight excluding hydrogens is 439 g/mol. The lowest BCUT2D eigenvalue weighted by Crippen LogP contribution is -2.13. The number of nitrogens with zero attached hydrogens (tertiary/aromatic N) is 3. The fourth-order valence-electron chi connectivity index (χ4n) is 3.20. The number of hydrogen-bond donors (Lipinski definition) is 1. The van der Waals surface area contributed by atoms with Crippen molar-refractivity contribution < 1.29 is 9.72 Å². The van der Waals surface area contributed by atoms with Gasteiger partial charge in [-0.15, -0.1) is 0 Å². The summed E-state index contributed by atoms with van der Waals surface area (Å²) in [6.45, 7) is 3.73. The minimum Gasteiger partial charge on any atom is -0.321 e. The van der Waals surface area contributed by atoms with E-state index in [1.807, 2.05) is 30.6 Å². The predicted molar refractivity (Wildman–Crippen MR) is 121 cm³/mol. The van der Waals surface area contributed by atoms with Crippen molar-refractivity contribution in [1.82, 2.24) is 4.57 Å². The van der Waals surface area contributed by atoms with Gasteiger partial charge in [-0.05, 0) is 55.8 Å². The number of rotatable bonds is 5. The average Bonchev–Trinajstić information content (AvgIpc) is 2.98. The summed E-state index contributed by atoms with van der Waals surface area (Å²) in [5.41, 5.74) is 2.98. The average molecular weight is 455 g/mol. The van der Waals surface area contributed by atoms with Gasteiger partial charge in [0.15, 0.2) is 0 Å². The number of non-ortho nitro benzene ring substituents is 1. The molecule has 1 aromatic heterocycles. The molecule has 0 radical (unpaired) electrons. The predicted octanol–water partition coefficient (Wildman–Crippen LogP) is 5.85. The molecule has 2 aromatic carbocycles. The van der Waals surface area contributed by atoms with Gasteiger partial charge in [-0.1, -0.05) is 29.3 Å². The van der Waals surface area contributed by atoms with Crippen LogP contribution in [0, 0.1) is 35.3 Å². The Morgan fingerprint density at radius 1 is 1.16 bits per heavy atom. The van der Waals surface area contributed by atoms with Gasteiger partial charge in [0.25, 0.3) is 11.6 Å². The smallest absolute Gasteiger partial charge is 0.271 e. The van der Waals surface area contributed by atoms with Crippen LogP contribution in [0.25, 0.3) is 11.8 Å². The van der Waals surface area contributed by atoms with Crippen molar-refractivity contribution in [2.24, 2.45) is 0 Å². The molecular formula is C22H16Cl2N4O3. The molecule has 1 heterocycles. The lowest BCUT2D eigenvalue weighted by Gasteiger charge is -2.11. The van der Waals surface area contributed by atoms with Gasteiger partial charge in [0, 0.05) is 44.9 Å². The maximum absolute atomic E-state index is 12.6. The molecule has 3 rings (SSSR count). The van der Waals surface area contributed by atoms with E-state index in [0.29, 0.717) is 15.6 Å². The molecule has 31 heavy (non-hydrogen) atoms. The van der Waals surface area contributed by atoms with Gasteiger partial charge in [0.1, 0.15) is 11.6 Å². The molecule has 9 heteroatoms. The highest BCUT2D eigenvalue weighted by Gasteiger charge is 2.15. The molecule has 0 saturated heterocycles. The van der Waals surface area contributed by atoms with Crippen molar-refractivity contribution in [3.05, 3.63) is 91.2 Å². The van der Waals surface area contributed by atoms with Crippen LogP contribution in [0.4, 0.5) is 11.4 Å². The first-order valence-corrected chi connectivity index (χ1v) is 9.78. The van der Waals surface area contributed by atoms with Crippen LogP contribution in [-0.2, 0) is 4.79 Å². The second kappa shape index (κ2) is 9.04. The van der Waals surface area contributed by atoms with E-state index in [9.17, 15) is 20.2 Å². The van der Waals surface area contributed by atoms with Crippen LogP contribution < -0.4 is 5.32 Å². The van der Waals surface area contributed by atoms with Crippen LogP contribution in [0.2, 0.25) is 10.0 Å². The molecule has 0 fully saturated rings. The molecule has 0 unspecified atom stereocenters. The molecule has 0 aliphatic heterocycles. The van der Waals surface area contributed by atoms with Gasteiger partial charge >= 0.3 is 0 Å². The van der Waals surface area contributed by atoms with Gasteiger partial charge in [0.2, 0.25) is 0 Å². The van der Waals surface area contributed by atoms with Crippen LogP contribution in [-0.4, -0.2) is 15.4 Å². The van der Waals surface area contributed by atoms with Gasteiger partial charge in [0.05, 0.1) is 4.92 Å². The highest BCUT2D eigenvalue weighted by atomic mass is 35.5. The molecule has 0 aliphatic rings. The molecule has 1 amide bonds. The number of amides is 1. The van der Waals surface area contributed by atoms with Gasteiger partial charge < -0.3 is 9.88 Å². The summed E-state index contributed by atoms with van der Waals surface area (Å²) in [6.07, 6.45) is 1.47. The van der Waals surface area contributed by atoms with E-state index < -0.39 is 10.8 Å². The molecule has 0 atom stereocenters. The van der Waals surface area contributed by atoms with E-state index in [0.717, 1.165) is 17.1 Å². The normalized spacial score (nSPS) is 11.1. The number of nitro benzene ring substituents is 1. The number of aryl methyl sites for hydroxylation is 1. The number of carbonyl (C=O) groups excluding carboxylic acids is 1. The molecule has 156 valence electrons. The minimum atomic E-state index is -0.668. The molecule has 0 aliphatic carbocycles. The maximum Gasteiger partial charge on any atom is 0.271 e. The van der Waals surface area contributed by atoms with Crippen molar-refractivity contribution in [3.63, 3.8) is 0 Å². The summed E-state index contributed by atoms with van der Waals surface area (Å²) in [7, 11) is 0. The number of nitrogens with one attached hydrogen (secondary N) is 1. The fraction of sp³-hybridized carbons (Fsp3) is 0.0909. The minimum absolute atomic E-state index is 0.143. The Balaban J connectivity index is 1.94. The lowest BCUT2D eigenvalue weighted by atomic mass is 10.1. The standard InChI is InChI=1S/C22H16Cl2N4O3/c1-13-6-15(14(2)27(13)21-9-17(23)8-18(24)10-21)7-16(12-25)22(29)26-19-4-3-5-20(11-19)28(30)31/h3-11H,1-2H3,(H,26,29)/b16-7+. The van der Waals surface area contributed by atoms with Crippen LogP contribution in [0.15, 0.2) is 54.1 Å². The Morgan fingerprint density at radius 2 is 1.84 bits per heavy atom. The first kappa shape index (κ1) is 22.1. The zero-order chi connectivity index (χ0) is 22.7. The van der Waals surface area contributed by atoms with Crippen LogP contribution in [0.3, 0.4) is 0 Å². The fourth-order valence-corrected chi connectivity index (χ4v) is 3.71. The number of nitro groups is 1. The number of nitriles is 1. The number of benzene rings is 2. The monoisotopic (exact) mass is 454 g/mol. The van der Waals surface area contributed by atoms with Crippen molar-refractivity contribution in [3.8, 4) is 11.8 Å². The third-order valence-electron chi connectivity index (χ3n) is 4.56. The topological polar surface area (TPSA) is 101 Å². The van der Waals surface area contributed by atoms with E-state index in [-0.39, 0.29) is 16.9 Å². The Hall–Kier alpha value is -3.60. The summed E-state index contributed by atoms with van der Waals surface area (Å²) < 4.78 is 1.91. The highest BCUT2D eigenvalue weighted by Crippen LogP contribution is 2.27. The number of halogens is 2. The summed E-state index contributed by atoms with van der Waals surface area (Å²) in [4.78, 5) is 22.9. The van der Waals surface area contributed by atoms with E-state index in [2.05, 4.69) is 5.32 Å². The number of aromatic nitrogens is 1. The van der Waals surface area contributed by atoms with Crippen LogP contribution in [0.1, 0.15) is 17.0 Å². The van der Waals surface area contributed by atoms with Crippen molar-refractivity contribution >= 4 is 46.6 Å². The van der Waals surface area contributed by atoms with Gasteiger partial charge in [-0.25, -0.2) is 0 Å². The highest BCUT2D eigenvalue weighted by molar-refractivity contribution is 6.34. The lowest BCUT2D eigenvalue weighted by molar-refractivity contribution is -0.384. The van der Waals surface area contributed by atoms with Crippen LogP contribution >= 0.6 is 23.2 Å². The van der Waals surface area contributed by atoms with Crippen molar-refractivity contribution in [2.45, 2.75) is 13.8 Å². The molecule has 3 aromatic rings. The summed E-state index contributed by atoms with van der Waals surface area (Å²) in [6, 6.07) is 14.4. The maximum atomic E-state index is 12.6. The summed E-state index contributed by atoms with van der Waals surface area (Å²) in [5.74, 6) is -0.668. The zero-order valence-corrected chi connectivity index (χ0v) is 18.0. The first-order chi connectivity index (χ1) is 14.7. The SMILES string of the molecule is Cc1cc(/C=C(\C#N)C(=O)Nc2cccc([N+](=O)[O-])c2)c(C)n1-c1cc(Cl)cc(Cl)c1. The molecule has 0 saturated carbocycles. The number of anilines is 1. The number of carbonyl (C=O) groups is 1. The molecule has 7 nitrogen and oxygen atoms in total. The third kappa shape index (κ3) is 4.94. The zero-order valence-electron chi connectivity index (χ0n) is 16.5. The van der Waals surface area contributed by atoms with E-state index in [1.54, 1.807) is 18.2 Å². The second-order valence-corrected chi connectivity index (χ2v) is 7.59. The van der Waals surface area contributed by atoms with E-state index >= 15 is 0 Å². The van der Waals surface area contributed by atoms with E-state index in [1.165, 1.54) is 30.3 Å². The van der Waals surface area contributed by atoms with Crippen LogP contribution in [0.5, 0.6) is 0 Å². The van der Waals surface area contributed by atoms with Crippen molar-refractivity contribution in [2.75, 3.05) is 5.32 Å². The van der Waals surface area contributed by atoms with Gasteiger partial charge in [-0.3, -0.25) is 14.9 Å². The van der Waals surface area contributed by atoms with Gasteiger partial charge in [-0.2, -0.15) is 5.26 Å². The van der Waals surface area contributed by atoms with Crippen molar-refractivity contribution in [1.29, 1.82) is 5.26 Å².